The number of nitrogens with zero attached hydrogens (tertiary/aromatic N) is 3. The van der Waals surface area contributed by atoms with Crippen molar-refractivity contribution in [2.45, 2.75) is 46.2 Å². The molecule has 0 saturated heterocycles. The largest absolute Gasteiger partial charge is 0.327 e. The number of rotatable bonds is 6. The third-order valence-corrected chi connectivity index (χ3v) is 4.15. The highest BCUT2D eigenvalue weighted by Crippen LogP contribution is 2.24. The first-order valence-electron chi connectivity index (χ1n) is 7.81. The molecule has 2 aromatic rings. The lowest BCUT2D eigenvalue weighted by Gasteiger charge is -2.15. The molecule has 0 amide bonds. The Morgan fingerprint density at radius 1 is 1.24 bits per heavy atom. The van der Waals surface area contributed by atoms with Gasteiger partial charge in [-0.3, -0.25) is 0 Å². The van der Waals surface area contributed by atoms with Crippen LogP contribution in [0.1, 0.15) is 42.8 Å². The van der Waals surface area contributed by atoms with Crippen LogP contribution in [0.2, 0.25) is 0 Å². The fourth-order valence-corrected chi connectivity index (χ4v) is 2.64. The Balaban J connectivity index is 2.44. The van der Waals surface area contributed by atoms with Crippen LogP contribution in [0.3, 0.4) is 0 Å². The molecule has 1 heterocycles. The van der Waals surface area contributed by atoms with Crippen molar-refractivity contribution in [3.63, 3.8) is 0 Å². The minimum Gasteiger partial charge on any atom is -0.327 e. The lowest BCUT2D eigenvalue weighted by molar-refractivity contribution is 0.384. The van der Waals surface area contributed by atoms with E-state index in [0.29, 0.717) is 0 Å². The van der Waals surface area contributed by atoms with E-state index in [0.717, 1.165) is 37.3 Å². The van der Waals surface area contributed by atoms with Crippen LogP contribution in [-0.4, -0.2) is 35.1 Å². The predicted octanol–water partition coefficient (Wildman–Crippen LogP) is 3.01. The number of fused-ring (bicyclic) bond motifs is 1. The van der Waals surface area contributed by atoms with Crippen molar-refractivity contribution in [1.29, 1.82) is 0 Å². The molecule has 0 bridgehead atoms. The lowest BCUT2D eigenvalue weighted by atomic mass is 10.1. The van der Waals surface area contributed by atoms with Crippen molar-refractivity contribution in [3.8, 4) is 0 Å². The van der Waals surface area contributed by atoms with Crippen molar-refractivity contribution >= 4 is 11.0 Å². The van der Waals surface area contributed by atoms with Gasteiger partial charge in [0.2, 0.25) is 0 Å². The Kier molecular flexibility index (Phi) is 5.01. The van der Waals surface area contributed by atoms with Crippen LogP contribution < -0.4 is 5.73 Å². The first-order valence-corrected chi connectivity index (χ1v) is 7.81. The van der Waals surface area contributed by atoms with Gasteiger partial charge in [0.1, 0.15) is 5.82 Å². The first kappa shape index (κ1) is 16.0. The number of hydrogen-bond acceptors (Lipinski definition) is 3. The second kappa shape index (κ2) is 6.58. The standard InChI is InChI=1S/C17H28N4/c1-6-14(18)17-19-15-10-12(2)13(3)11-16(15)21(17)9-7-8-20(4)5/h10-11,14H,6-9,18H2,1-5H3. The molecule has 0 fully saturated rings. The highest BCUT2D eigenvalue weighted by atomic mass is 15.1. The lowest BCUT2D eigenvalue weighted by Crippen LogP contribution is -2.19. The van der Waals surface area contributed by atoms with Gasteiger partial charge in [-0.15, -0.1) is 0 Å². The van der Waals surface area contributed by atoms with E-state index in [-0.39, 0.29) is 6.04 Å². The monoisotopic (exact) mass is 288 g/mol. The molecule has 4 nitrogen and oxygen atoms in total. The summed E-state index contributed by atoms with van der Waals surface area (Å²) in [6.45, 7) is 8.46. The number of aromatic nitrogens is 2. The van der Waals surface area contributed by atoms with Crippen molar-refractivity contribution < 1.29 is 0 Å². The molecule has 0 spiro atoms. The van der Waals surface area contributed by atoms with E-state index in [9.17, 15) is 0 Å². The highest BCUT2D eigenvalue weighted by Gasteiger charge is 2.16. The second-order valence-electron chi connectivity index (χ2n) is 6.22. The molecule has 1 atom stereocenters. The van der Waals surface area contributed by atoms with Gasteiger partial charge >= 0.3 is 0 Å². The van der Waals surface area contributed by atoms with Crippen LogP contribution in [0, 0.1) is 13.8 Å². The Labute approximate surface area is 128 Å². The number of aryl methyl sites for hydroxylation is 3. The molecule has 0 saturated carbocycles. The van der Waals surface area contributed by atoms with Gasteiger partial charge in [-0.05, 0) is 70.6 Å². The van der Waals surface area contributed by atoms with Gasteiger partial charge in [0, 0.05) is 6.54 Å². The number of hydrogen-bond donors (Lipinski definition) is 1. The fraction of sp³-hybridized carbons (Fsp3) is 0.588. The third-order valence-electron chi connectivity index (χ3n) is 4.15. The van der Waals surface area contributed by atoms with Gasteiger partial charge in [-0.1, -0.05) is 6.92 Å². The number of benzene rings is 1. The molecule has 1 aromatic heterocycles. The van der Waals surface area contributed by atoms with E-state index in [1.807, 2.05) is 0 Å². The molecular weight excluding hydrogens is 260 g/mol. The summed E-state index contributed by atoms with van der Waals surface area (Å²) in [5.74, 6) is 1.02. The summed E-state index contributed by atoms with van der Waals surface area (Å²) in [6, 6.07) is 4.44. The zero-order valence-electron chi connectivity index (χ0n) is 14.0. The van der Waals surface area contributed by atoms with Crippen LogP contribution in [0.4, 0.5) is 0 Å². The molecular formula is C17H28N4. The van der Waals surface area contributed by atoms with Gasteiger partial charge < -0.3 is 15.2 Å². The zero-order valence-corrected chi connectivity index (χ0v) is 14.0. The summed E-state index contributed by atoms with van der Waals surface area (Å²) in [5, 5.41) is 0. The van der Waals surface area contributed by atoms with Gasteiger partial charge in [0.15, 0.2) is 0 Å². The van der Waals surface area contributed by atoms with Crippen molar-refractivity contribution in [1.82, 2.24) is 14.5 Å². The molecule has 0 aliphatic heterocycles. The summed E-state index contributed by atoms with van der Waals surface area (Å²) >= 11 is 0. The second-order valence-corrected chi connectivity index (χ2v) is 6.22. The average molecular weight is 288 g/mol. The van der Waals surface area contributed by atoms with Crippen molar-refractivity contribution in [2.24, 2.45) is 5.73 Å². The quantitative estimate of drug-likeness (QED) is 0.889. The SMILES string of the molecule is CCC(N)c1nc2cc(C)c(C)cc2n1CCCN(C)C. The highest BCUT2D eigenvalue weighted by molar-refractivity contribution is 5.78. The van der Waals surface area contributed by atoms with E-state index >= 15 is 0 Å². The van der Waals surface area contributed by atoms with Crippen LogP contribution >= 0.6 is 0 Å². The molecule has 1 unspecified atom stereocenters. The Hall–Kier alpha value is -1.39. The molecule has 4 heteroatoms. The van der Waals surface area contributed by atoms with Crippen LogP contribution in [0.15, 0.2) is 12.1 Å². The third kappa shape index (κ3) is 3.44. The zero-order chi connectivity index (χ0) is 15.6. The van der Waals surface area contributed by atoms with Gasteiger partial charge in [-0.2, -0.15) is 0 Å². The Bertz CT molecular complexity index is 613. The normalized spacial score (nSPS) is 13.3. The minimum absolute atomic E-state index is 0.0115. The minimum atomic E-state index is 0.0115. The maximum atomic E-state index is 6.27. The molecule has 2 rings (SSSR count). The molecule has 0 aliphatic rings. The van der Waals surface area contributed by atoms with Gasteiger partial charge in [0.05, 0.1) is 17.1 Å². The van der Waals surface area contributed by atoms with E-state index in [2.05, 4.69) is 56.5 Å². The summed E-state index contributed by atoms with van der Waals surface area (Å²) in [5.41, 5.74) is 11.2. The maximum absolute atomic E-state index is 6.27. The molecule has 116 valence electrons. The first-order chi connectivity index (χ1) is 9.93. The summed E-state index contributed by atoms with van der Waals surface area (Å²) in [6.07, 6.45) is 2.02. The van der Waals surface area contributed by atoms with Gasteiger partial charge in [0.25, 0.3) is 0 Å². The molecule has 2 N–H and O–H groups in total. The summed E-state index contributed by atoms with van der Waals surface area (Å²) in [7, 11) is 4.22. The maximum Gasteiger partial charge on any atom is 0.126 e. The van der Waals surface area contributed by atoms with Crippen LogP contribution in [0.5, 0.6) is 0 Å². The topological polar surface area (TPSA) is 47.1 Å². The van der Waals surface area contributed by atoms with E-state index in [1.54, 1.807) is 0 Å². The molecule has 1 aromatic carbocycles. The van der Waals surface area contributed by atoms with Gasteiger partial charge in [-0.25, -0.2) is 4.98 Å². The van der Waals surface area contributed by atoms with Crippen molar-refractivity contribution in [2.75, 3.05) is 20.6 Å². The number of nitrogens with two attached hydrogens (primary N) is 1. The van der Waals surface area contributed by atoms with E-state index < -0.39 is 0 Å². The summed E-state index contributed by atoms with van der Waals surface area (Å²) < 4.78 is 2.32. The van der Waals surface area contributed by atoms with E-state index in [1.165, 1.54) is 16.6 Å². The fourth-order valence-electron chi connectivity index (χ4n) is 2.64. The molecule has 21 heavy (non-hydrogen) atoms. The predicted molar refractivity (Wildman–Crippen MR) is 89.6 cm³/mol. The smallest absolute Gasteiger partial charge is 0.126 e. The Morgan fingerprint density at radius 2 is 1.90 bits per heavy atom. The average Bonchev–Trinajstić information content (AvgIpc) is 2.76. The van der Waals surface area contributed by atoms with E-state index in [4.69, 9.17) is 10.7 Å². The number of imidazole rings is 1. The summed E-state index contributed by atoms with van der Waals surface area (Å²) in [4.78, 5) is 7.02. The molecule has 0 radical (unpaired) electrons. The molecule has 0 aliphatic carbocycles. The Morgan fingerprint density at radius 3 is 2.52 bits per heavy atom. The van der Waals surface area contributed by atoms with Crippen LogP contribution in [0.25, 0.3) is 11.0 Å². The van der Waals surface area contributed by atoms with Crippen LogP contribution in [-0.2, 0) is 6.54 Å². The van der Waals surface area contributed by atoms with Crippen molar-refractivity contribution in [3.05, 3.63) is 29.1 Å².